The van der Waals surface area contributed by atoms with Crippen molar-refractivity contribution < 1.29 is 9.52 Å². The van der Waals surface area contributed by atoms with E-state index in [4.69, 9.17) is 4.42 Å². The molecule has 3 aromatic rings. The maximum Gasteiger partial charge on any atom is 0.251 e. The van der Waals surface area contributed by atoms with Gasteiger partial charge in [-0.25, -0.2) is 4.98 Å². The molecule has 0 saturated carbocycles. The van der Waals surface area contributed by atoms with Crippen molar-refractivity contribution >= 4 is 11.1 Å². The van der Waals surface area contributed by atoms with Gasteiger partial charge in [-0.05, 0) is 43.5 Å². The second kappa shape index (κ2) is 5.67. The molecule has 0 aliphatic heterocycles. The second-order valence-corrected chi connectivity index (χ2v) is 5.39. The lowest BCUT2D eigenvalue weighted by Crippen LogP contribution is -2.16. The first kappa shape index (κ1) is 14.4. The fourth-order valence-electron chi connectivity index (χ4n) is 2.58. The number of phenols is 1. The van der Waals surface area contributed by atoms with Crippen molar-refractivity contribution in [3.63, 3.8) is 0 Å². The van der Waals surface area contributed by atoms with E-state index in [1.54, 1.807) is 18.2 Å². The Balaban J connectivity index is 1.83. The number of aromatic amines is 1. The highest BCUT2D eigenvalue weighted by atomic mass is 16.3. The number of phenolic OH excluding ortho intramolecular Hbond substituents is 1. The monoisotopic (exact) mass is 298 g/mol. The van der Waals surface area contributed by atoms with Crippen LogP contribution >= 0.6 is 0 Å². The first-order chi connectivity index (χ1) is 10.6. The fraction of sp³-hybridized carbons (Fsp3) is 0.294. The first-order valence-electron chi connectivity index (χ1n) is 7.37. The molecule has 0 bridgehead atoms. The van der Waals surface area contributed by atoms with Crippen LogP contribution in [-0.2, 0) is 19.3 Å². The summed E-state index contributed by atoms with van der Waals surface area (Å²) < 4.78 is 5.61. The van der Waals surface area contributed by atoms with Crippen molar-refractivity contribution in [2.45, 2.75) is 33.1 Å². The molecule has 0 unspecified atom stereocenters. The van der Waals surface area contributed by atoms with Gasteiger partial charge in [-0.2, -0.15) is 0 Å². The molecular formula is C17H18N2O3. The van der Waals surface area contributed by atoms with E-state index >= 15 is 0 Å². The third kappa shape index (κ3) is 2.74. The Bertz CT molecular complexity index is 877. The number of aryl methyl sites for hydroxylation is 4. The Kier molecular flexibility index (Phi) is 3.71. The largest absolute Gasteiger partial charge is 0.508 e. The van der Waals surface area contributed by atoms with E-state index in [1.165, 1.54) is 0 Å². The van der Waals surface area contributed by atoms with Crippen molar-refractivity contribution in [1.29, 1.82) is 0 Å². The molecule has 2 heterocycles. The number of H-pyrrole nitrogens is 1. The molecule has 114 valence electrons. The zero-order chi connectivity index (χ0) is 15.7. The van der Waals surface area contributed by atoms with Crippen molar-refractivity contribution in [3.05, 3.63) is 57.3 Å². The number of hydrogen-bond acceptors (Lipinski definition) is 4. The van der Waals surface area contributed by atoms with Gasteiger partial charge in [0.1, 0.15) is 11.3 Å². The Morgan fingerprint density at radius 3 is 2.82 bits per heavy atom. The Morgan fingerprint density at radius 2 is 2.05 bits per heavy atom. The van der Waals surface area contributed by atoms with E-state index in [-0.39, 0.29) is 11.3 Å². The van der Waals surface area contributed by atoms with Crippen LogP contribution in [0.15, 0.2) is 33.5 Å². The van der Waals surface area contributed by atoms with Gasteiger partial charge in [0.2, 0.25) is 0 Å². The second-order valence-electron chi connectivity index (χ2n) is 5.39. The number of rotatable bonds is 4. The molecule has 0 atom stereocenters. The number of benzene rings is 1. The van der Waals surface area contributed by atoms with E-state index in [0.29, 0.717) is 29.8 Å². The summed E-state index contributed by atoms with van der Waals surface area (Å²) in [6.45, 7) is 3.98. The van der Waals surface area contributed by atoms with Crippen LogP contribution in [0.3, 0.4) is 0 Å². The Morgan fingerprint density at radius 1 is 1.23 bits per heavy atom. The van der Waals surface area contributed by atoms with E-state index in [0.717, 1.165) is 23.2 Å². The standard InChI is InChI=1S/C17H18N2O3/c1-3-11-8-12(17(21)18-10(11)2)4-7-16-19-14-6-5-13(20)9-15(14)22-16/h5-6,8-9,20H,3-4,7H2,1-2H3,(H,18,21). The minimum Gasteiger partial charge on any atom is -0.508 e. The molecule has 0 aliphatic carbocycles. The van der Waals surface area contributed by atoms with E-state index in [2.05, 4.69) is 16.9 Å². The number of aromatic hydroxyl groups is 1. The van der Waals surface area contributed by atoms with Crippen LogP contribution in [0.2, 0.25) is 0 Å². The topological polar surface area (TPSA) is 79.1 Å². The molecule has 2 aromatic heterocycles. The summed E-state index contributed by atoms with van der Waals surface area (Å²) in [5, 5.41) is 9.43. The van der Waals surface area contributed by atoms with Gasteiger partial charge in [0.05, 0.1) is 0 Å². The van der Waals surface area contributed by atoms with Gasteiger partial charge in [-0.3, -0.25) is 4.79 Å². The van der Waals surface area contributed by atoms with Crippen LogP contribution in [0.5, 0.6) is 5.75 Å². The van der Waals surface area contributed by atoms with Crippen molar-refractivity contribution in [2.24, 2.45) is 0 Å². The molecule has 2 N–H and O–H groups in total. The predicted octanol–water partition coefficient (Wildman–Crippen LogP) is 2.88. The summed E-state index contributed by atoms with van der Waals surface area (Å²) >= 11 is 0. The summed E-state index contributed by atoms with van der Waals surface area (Å²) in [7, 11) is 0. The molecule has 5 heteroatoms. The normalized spacial score (nSPS) is 11.2. The van der Waals surface area contributed by atoms with Crippen molar-refractivity contribution in [3.8, 4) is 5.75 Å². The number of nitrogens with zero attached hydrogens (tertiary/aromatic N) is 1. The van der Waals surface area contributed by atoms with E-state index in [9.17, 15) is 9.90 Å². The summed E-state index contributed by atoms with van der Waals surface area (Å²) in [6, 6.07) is 6.79. The Labute approximate surface area is 127 Å². The maximum absolute atomic E-state index is 12.0. The van der Waals surface area contributed by atoms with Crippen molar-refractivity contribution in [1.82, 2.24) is 9.97 Å². The van der Waals surface area contributed by atoms with Gasteiger partial charge in [0, 0.05) is 23.7 Å². The summed E-state index contributed by atoms with van der Waals surface area (Å²) in [5.74, 6) is 0.719. The van der Waals surface area contributed by atoms with Gasteiger partial charge in [0.25, 0.3) is 5.56 Å². The zero-order valence-corrected chi connectivity index (χ0v) is 12.6. The highest BCUT2D eigenvalue weighted by Crippen LogP contribution is 2.21. The number of fused-ring (bicyclic) bond motifs is 1. The molecule has 0 aliphatic rings. The van der Waals surface area contributed by atoms with Gasteiger partial charge in [0.15, 0.2) is 11.5 Å². The average Bonchev–Trinajstić information content (AvgIpc) is 2.88. The lowest BCUT2D eigenvalue weighted by atomic mass is 10.1. The van der Waals surface area contributed by atoms with E-state index in [1.807, 2.05) is 13.0 Å². The first-order valence-corrected chi connectivity index (χ1v) is 7.37. The maximum atomic E-state index is 12.0. The number of hydrogen-bond donors (Lipinski definition) is 2. The third-order valence-corrected chi connectivity index (χ3v) is 3.83. The van der Waals surface area contributed by atoms with Crippen LogP contribution in [-0.4, -0.2) is 15.1 Å². The molecule has 0 amide bonds. The molecule has 1 aromatic carbocycles. The molecule has 0 fully saturated rings. The summed E-state index contributed by atoms with van der Waals surface area (Å²) in [4.78, 5) is 19.3. The Hall–Kier alpha value is -2.56. The van der Waals surface area contributed by atoms with Gasteiger partial charge in [-0.1, -0.05) is 6.92 Å². The number of pyridine rings is 1. The van der Waals surface area contributed by atoms with Crippen LogP contribution in [0.25, 0.3) is 11.1 Å². The number of aromatic nitrogens is 2. The van der Waals surface area contributed by atoms with Crippen LogP contribution in [0, 0.1) is 6.92 Å². The van der Waals surface area contributed by atoms with Gasteiger partial charge >= 0.3 is 0 Å². The third-order valence-electron chi connectivity index (χ3n) is 3.83. The SMILES string of the molecule is CCc1cc(CCc2nc3ccc(O)cc3o2)c(=O)[nH]c1C. The number of nitrogens with one attached hydrogen (secondary N) is 1. The van der Waals surface area contributed by atoms with Crippen LogP contribution < -0.4 is 5.56 Å². The molecule has 0 radical (unpaired) electrons. The quantitative estimate of drug-likeness (QED) is 0.776. The predicted molar refractivity (Wildman–Crippen MR) is 84.3 cm³/mol. The molecule has 3 rings (SSSR count). The van der Waals surface area contributed by atoms with Gasteiger partial charge in [-0.15, -0.1) is 0 Å². The average molecular weight is 298 g/mol. The lowest BCUT2D eigenvalue weighted by Gasteiger charge is -2.05. The number of oxazole rings is 1. The highest BCUT2D eigenvalue weighted by Gasteiger charge is 2.09. The minimum absolute atomic E-state index is 0.0524. The zero-order valence-electron chi connectivity index (χ0n) is 12.6. The van der Waals surface area contributed by atoms with Crippen LogP contribution in [0.4, 0.5) is 0 Å². The molecular weight excluding hydrogens is 280 g/mol. The van der Waals surface area contributed by atoms with Crippen LogP contribution in [0.1, 0.15) is 29.6 Å². The molecule has 5 nitrogen and oxygen atoms in total. The molecule has 0 spiro atoms. The highest BCUT2D eigenvalue weighted by molar-refractivity contribution is 5.74. The van der Waals surface area contributed by atoms with Gasteiger partial charge < -0.3 is 14.5 Å². The lowest BCUT2D eigenvalue weighted by molar-refractivity contribution is 0.473. The summed E-state index contributed by atoms with van der Waals surface area (Å²) in [6.07, 6.45) is 2.00. The fourth-order valence-corrected chi connectivity index (χ4v) is 2.58. The minimum atomic E-state index is -0.0524. The molecule has 0 saturated heterocycles. The smallest absolute Gasteiger partial charge is 0.251 e. The van der Waals surface area contributed by atoms with E-state index < -0.39 is 0 Å². The van der Waals surface area contributed by atoms with Crippen molar-refractivity contribution in [2.75, 3.05) is 0 Å². The molecule has 22 heavy (non-hydrogen) atoms. The summed E-state index contributed by atoms with van der Waals surface area (Å²) in [5.41, 5.74) is 4.03.